The van der Waals surface area contributed by atoms with Crippen molar-refractivity contribution in [2.45, 2.75) is 39.7 Å². The molecule has 0 aliphatic heterocycles. The second-order valence-electron chi connectivity index (χ2n) is 5.57. The monoisotopic (exact) mass is 264 g/mol. The predicted molar refractivity (Wildman–Crippen MR) is 77.7 cm³/mol. The number of anilines is 1. The van der Waals surface area contributed by atoms with Gasteiger partial charge in [0.15, 0.2) is 0 Å². The molecule has 0 fully saturated rings. The van der Waals surface area contributed by atoms with Crippen LogP contribution in [0.25, 0.3) is 0 Å². The highest BCUT2D eigenvalue weighted by Gasteiger charge is 2.18. The van der Waals surface area contributed by atoms with Gasteiger partial charge in [0.2, 0.25) is 5.91 Å². The Hall–Kier alpha value is -1.39. The molecular formula is C15H24N2O2. The van der Waals surface area contributed by atoms with Crippen molar-refractivity contribution in [3.63, 3.8) is 0 Å². The average molecular weight is 264 g/mol. The Balaban J connectivity index is 2.52. The van der Waals surface area contributed by atoms with Gasteiger partial charge < -0.3 is 16.2 Å². The largest absolute Gasteiger partial charge is 0.392 e. The first-order valence-electron chi connectivity index (χ1n) is 6.67. The number of amides is 1. The summed E-state index contributed by atoms with van der Waals surface area (Å²) in [6.07, 6.45) is 2.18. The highest BCUT2D eigenvalue weighted by atomic mass is 16.3. The summed E-state index contributed by atoms with van der Waals surface area (Å²) in [4.78, 5) is 11.9. The van der Waals surface area contributed by atoms with Gasteiger partial charge >= 0.3 is 0 Å². The summed E-state index contributed by atoms with van der Waals surface area (Å²) in [5.41, 5.74) is 7.06. The third-order valence-electron chi connectivity index (χ3n) is 3.31. The maximum Gasteiger partial charge on any atom is 0.224 e. The molecule has 0 radical (unpaired) electrons. The summed E-state index contributed by atoms with van der Waals surface area (Å²) >= 11 is 0. The van der Waals surface area contributed by atoms with Gasteiger partial charge in [-0.25, -0.2) is 0 Å². The first kappa shape index (κ1) is 15.7. The molecule has 106 valence electrons. The highest BCUT2D eigenvalue weighted by Crippen LogP contribution is 2.26. The van der Waals surface area contributed by atoms with Gasteiger partial charge in [-0.05, 0) is 30.9 Å². The first-order chi connectivity index (χ1) is 8.98. The van der Waals surface area contributed by atoms with Crippen molar-refractivity contribution in [3.8, 4) is 0 Å². The maximum atomic E-state index is 11.9. The van der Waals surface area contributed by atoms with E-state index in [0.717, 1.165) is 18.4 Å². The lowest BCUT2D eigenvalue weighted by Gasteiger charge is -2.23. The van der Waals surface area contributed by atoms with Crippen LogP contribution in [-0.4, -0.2) is 17.6 Å². The summed E-state index contributed by atoms with van der Waals surface area (Å²) in [6, 6.07) is 7.28. The minimum absolute atomic E-state index is 0.0222. The van der Waals surface area contributed by atoms with E-state index in [1.54, 1.807) is 12.1 Å². The van der Waals surface area contributed by atoms with E-state index in [9.17, 15) is 9.90 Å². The quantitative estimate of drug-likeness (QED) is 0.707. The molecule has 0 unspecified atom stereocenters. The molecule has 0 atom stereocenters. The topological polar surface area (TPSA) is 75.4 Å². The molecule has 0 saturated carbocycles. The third kappa shape index (κ3) is 5.41. The van der Waals surface area contributed by atoms with Crippen molar-refractivity contribution < 1.29 is 9.90 Å². The fourth-order valence-electron chi connectivity index (χ4n) is 1.96. The lowest BCUT2D eigenvalue weighted by Crippen LogP contribution is -2.21. The van der Waals surface area contributed by atoms with Gasteiger partial charge in [0, 0.05) is 17.7 Å². The van der Waals surface area contributed by atoms with E-state index < -0.39 is 0 Å². The van der Waals surface area contributed by atoms with E-state index >= 15 is 0 Å². The van der Waals surface area contributed by atoms with Crippen LogP contribution in [0, 0.1) is 5.41 Å². The molecule has 0 heterocycles. The lowest BCUT2D eigenvalue weighted by atomic mass is 9.84. The van der Waals surface area contributed by atoms with E-state index in [4.69, 9.17) is 5.73 Å². The maximum absolute atomic E-state index is 11.9. The summed E-state index contributed by atoms with van der Waals surface area (Å²) < 4.78 is 0. The molecule has 1 aromatic rings. The molecule has 4 nitrogen and oxygen atoms in total. The van der Waals surface area contributed by atoms with Gasteiger partial charge in [0.1, 0.15) is 0 Å². The van der Waals surface area contributed by atoms with Crippen LogP contribution in [-0.2, 0) is 11.4 Å². The number of aliphatic hydroxyl groups is 1. The van der Waals surface area contributed by atoms with Crippen molar-refractivity contribution in [1.82, 2.24) is 0 Å². The van der Waals surface area contributed by atoms with Gasteiger partial charge in [0.05, 0.1) is 6.61 Å². The lowest BCUT2D eigenvalue weighted by molar-refractivity contribution is -0.116. The summed E-state index contributed by atoms with van der Waals surface area (Å²) in [5, 5.41) is 12.0. The van der Waals surface area contributed by atoms with Crippen molar-refractivity contribution in [1.29, 1.82) is 0 Å². The molecule has 19 heavy (non-hydrogen) atoms. The minimum Gasteiger partial charge on any atom is -0.392 e. The van der Waals surface area contributed by atoms with Gasteiger partial charge in [0.25, 0.3) is 0 Å². The third-order valence-corrected chi connectivity index (χ3v) is 3.31. The smallest absolute Gasteiger partial charge is 0.224 e. The van der Waals surface area contributed by atoms with Crippen LogP contribution in [0.5, 0.6) is 0 Å². The minimum atomic E-state index is -0.0743. The zero-order chi connectivity index (χ0) is 14.3. The summed E-state index contributed by atoms with van der Waals surface area (Å²) in [5.74, 6) is -0.0222. The molecule has 0 spiro atoms. The molecule has 0 aromatic heterocycles. The van der Waals surface area contributed by atoms with Gasteiger partial charge in [-0.2, -0.15) is 0 Å². The van der Waals surface area contributed by atoms with E-state index in [1.807, 2.05) is 12.1 Å². The van der Waals surface area contributed by atoms with Crippen LogP contribution in [0.4, 0.5) is 5.69 Å². The average Bonchev–Trinajstić information content (AvgIpc) is 2.37. The van der Waals surface area contributed by atoms with Crippen LogP contribution in [0.15, 0.2) is 24.3 Å². The Labute approximate surface area is 115 Å². The molecule has 4 N–H and O–H groups in total. The Morgan fingerprint density at radius 2 is 2.00 bits per heavy atom. The van der Waals surface area contributed by atoms with Crippen LogP contribution < -0.4 is 11.1 Å². The standard InChI is InChI=1S/C15H24N2O2/c1-15(2,9-10-16)8-7-14(19)17-13-6-4-3-5-12(13)11-18/h3-6,18H,7-11,16H2,1-2H3,(H,17,19). The SMILES string of the molecule is CC(C)(CCN)CCC(=O)Nc1ccccc1CO. The normalized spacial score (nSPS) is 11.4. The van der Waals surface area contributed by atoms with E-state index in [0.29, 0.717) is 18.7 Å². The summed E-state index contributed by atoms with van der Waals surface area (Å²) in [6.45, 7) is 4.81. The Morgan fingerprint density at radius 1 is 1.32 bits per heavy atom. The van der Waals surface area contributed by atoms with Crippen LogP contribution in [0.2, 0.25) is 0 Å². The van der Waals surface area contributed by atoms with Gasteiger partial charge in [-0.3, -0.25) is 4.79 Å². The number of hydrogen-bond donors (Lipinski definition) is 3. The number of rotatable bonds is 7. The zero-order valence-corrected chi connectivity index (χ0v) is 11.8. The number of para-hydroxylation sites is 1. The number of benzene rings is 1. The molecule has 0 saturated heterocycles. The number of aliphatic hydroxyl groups excluding tert-OH is 1. The van der Waals surface area contributed by atoms with E-state index in [1.165, 1.54) is 0 Å². The second kappa shape index (κ2) is 7.26. The molecule has 1 aromatic carbocycles. The van der Waals surface area contributed by atoms with Crippen molar-refractivity contribution in [3.05, 3.63) is 29.8 Å². The van der Waals surface area contributed by atoms with Crippen molar-refractivity contribution >= 4 is 11.6 Å². The van der Waals surface area contributed by atoms with Crippen LogP contribution in [0.1, 0.15) is 38.7 Å². The first-order valence-corrected chi connectivity index (χ1v) is 6.67. The second-order valence-corrected chi connectivity index (χ2v) is 5.57. The molecular weight excluding hydrogens is 240 g/mol. The fourth-order valence-corrected chi connectivity index (χ4v) is 1.96. The van der Waals surface area contributed by atoms with E-state index in [2.05, 4.69) is 19.2 Å². The number of nitrogens with two attached hydrogens (primary N) is 1. The van der Waals surface area contributed by atoms with Gasteiger partial charge in [-0.1, -0.05) is 32.0 Å². The Morgan fingerprint density at radius 3 is 2.63 bits per heavy atom. The Kier molecular flexibility index (Phi) is 5.99. The van der Waals surface area contributed by atoms with Crippen LogP contribution in [0.3, 0.4) is 0 Å². The molecule has 0 aliphatic carbocycles. The predicted octanol–water partition coefficient (Wildman–Crippen LogP) is 2.27. The molecule has 0 bridgehead atoms. The van der Waals surface area contributed by atoms with Crippen molar-refractivity contribution in [2.75, 3.05) is 11.9 Å². The fraction of sp³-hybridized carbons (Fsp3) is 0.533. The number of carbonyl (C=O) groups is 1. The zero-order valence-electron chi connectivity index (χ0n) is 11.8. The number of carbonyl (C=O) groups excluding carboxylic acids is 1. The molecule has 1 amide bonds. The number of hydrogen-bond acceptors (Lipinski definition) is 3. The van der Waals surface area contributed by atoms with E-state index in [-0.39, 0.29) is 17.9 Å². The van der Waals surface area contributed by atoms with Crippen molar-refractivity contribution in [2.24, 2.45) is 11.1 Å². The summed E-state index contributed by atoms with van der Waals surface area (Å²) in [7, 11) is 0. The number of nitrogens with one attached hydrogen (secondary N) is 1. The van der Waals surface area contributed by atoms with Gasteiger partial charge in [-0.15, -0.1) is 0 Å². The molecule has 1 rings (SSSR count). The highest BCUT2D eigenvalue weighted by molar-refractivity contribution is 5.91. The van der Waals surface area contributed by atoms with Crippen LogP contribution >= 0.6 is 0 Å². The molecule has 0 aliphatic rings. The Bertz CT molecular complexity index is 416. The molecule has 4 heteroatoms.